The van der Waals surface area contributed by atoms with Crippen LogP contribution in [0.3, 0.4) is 0 Å². The normalized spacial score (nSPS) is 21.8. The van der Waals surface area contributed by atoms with Crippen molar-refractivity contribution in [2.75, 3.05) is 20.1 Å². The summed E-state index contributed by atoms with van der Waals surface area (Å²) < 4.78 is 16.6. The number of carbonyl (C=O) groups excluding carboxylic acids is 1. The van der Waals surface area contributed by atoms with Gasteiger partial charge >= 0.3 is 7.82 Å². The lowest BCUT2D eigenvalue weighted by Gasteiger charge is -2.36. The van der Waals surface area contributed by atoms with Crippen molar-refractivity contribution in [2.45, 2.75) is 24.9 Å². The molecule has 8 nitrogen and oxygen atoms in total. The van der Waals surface area contributed by atoms with Crippen LogP contribution >= 0.6 is 19.4 Å². The average molecular weight is 480 g/mol. The fourth-order valence-corrected chi connectivity index (χ4v) is 5.24. The largest absolute Gasteiger partial charge is 0.524 e. The third-order valence-corrected chi connectivity index (χ3v) is 6.69. The van der Waals surface area contributed by atoms with Crippen molar-refractivity contribution in [2.24, 2.45) is 0 Å². The fraction of sp³-hybridized carbons (Fsp3) is 0.318. The van der Waals surface area contributed by atoms with E-state index in [0.29, 0.717) is 46.8 Å². The van der Waals surface area contributed by atoms with Crippen molar-refractivity contribution in [1.29, 1.82) is 0 Å². The van der Waals surface area contributed by atoms with Crippen molar-refractivity contribution >= 4 is 30.8 Å². The Hall–Kier alpha value is -2.19. The zero-order valence-corrected chi connectivity index (χ0v) is 18.9. The molecule has 170 valence electrons. The molecule has 1 aliphatic heterocycles. The first kappa shape index (κ1) is 23.0. The number of phosphoric ester groups is 1. The van der Waals surface area contributed by atoms with Gasteiger partial charge in [0.15, 0.2) is 5.78 Å². The molecule has 1 aliphatic carbocycles. The van der Waals surface area contributed by atoms with Gasteiger partial charge in [-0.1, -0.05) is 29.8 Å². The molecule has 0 aromatic heterocycles. The van der Waals surface area contributed by atoms with Crippen LogP contribution in [-0.2, 0) is 11.0 Å². The molecule has 1 saturated heterocycles. The number of β-amino-alcohol motifs (C(OH)–C–C–N with tert-alkyl or cyclic N) is 1. The smallest absolute Gasteiger partial charge is 0.507 e. The minimum Gasteiger partial charge on any atom is -0.507 e. The van der Waals surface area contributed by atoms with E-state index in [1.807, 2.05) is 11.9 Å². The van der Waals surface area contributed by atoms with E-state index in [1.165, 1.54) is 6.08 Å². The minimum atomic E-state index is -4.97. The number of likely N-dealkylation sites (tertiary alicyclic amines) is 1. The monoisotopic (exact) mass is 479 g/mol. The van der Waals surface area contributed by atoms with Gasteiger partial charge in [0.1, 0.15) is 11.5 Å². The standard InChI is InChI=1S/C22H23ClNO7P/c1-24-7-6-14(19(27)11-24)21-15-8-12(13-4-2-3-5-16(13)23)9-17(25)22(15)18(26)10-20(21)31-32(28,29)30/h2-5,9-10,14,19,26-27H,6-8,11H2,1H3,(H2,28,29,30)/t14-,19+/m0/s1. The van der Waals surface area contributed by atoms with E-state index >= 15 is 0 Å². The summed E-state index contributed by atoms with van der Waals surface area (Å²) in [6.45, 7) is 0.977. The molecule has 0 radical (unpaired) electrons. The molecule has 32 heavy (non-hydrogen) atoms. The number of halogens is 1. The van der Waals surface area contributed by atoms with Crippen LogP contribution in [0.1, 0.15) is 39.4 Å². The number of hydrogen-bond donors (Lipinski definition) is 4. The predicted molar refractivity (Wildman–Crippen MR) is 119 cm³/mol. The Morgan fingerprint density at radius 3 is 2.62 bits per heavy atom. The third kappa shape index (κ3) is 4.48. The van der Waals surface area contributed by atoms with Crippen LogP contribution in [-0.4, -0.2) is 56.9 Å². The molecule has 10 heteroatoms. The highest BCUT2D eigenvalue weighted by Gasteiger charge is 2.37. The molecule has 1 heterocycles. The summed E-state index contributed by atoms with van der Waals surface area (Å²) >= 11 is 6.34. The molecule has 0 amide bonds. The second-order valence-corrected chi connectivity index (χ2v) is 9.73. The number of phenolic OH excluding ortho intramolecular Hbond substituents is 1. The number of fused-ring (bicyclic) bond motifs is 1. The van der Waals surface area contributed by atoms with Gasteiger partial charge in [-0.3, -0.25) is 14.6 Å². The maximum absolute atomic E-state index is 13.0. The minimum absolute atomic E-state index is 0.0417. The van der Waals surface area contributed by atoms with E-state index in [1.54, 1.807) is 24.3 Å². The number of rotatable bonds is 4. The lowest BCUT2D eigenvalue weighted by atomic mass is 9.77. The number of likely N-dealkylation sites (N-methyl/N-ethyl adjacent to an activating group) is 1. The Kier molecular flexibility index (Phi) is 6.20. The molecule has 1 fully saturated rings. The molecular formula is C22H23ClNO7P. The highest BCUT2D eigenvalue weighted by Crippen LogP contribution is 2.49. The van der Waals surface area contributed by atoms with Crippen LogP contribution in [0.25, 0.3) is 5.57 Å². The summed E-state index contributed by atoms with van der Waals surface area (Å²) in [6, 6.07) is 8.07. The van der Waals surface area contributed by atoms with E-state index in [0.717, 1.165) is 6.07 Å². The average Bonchev–Trinajstić information content (AvgIpc) is 2.68. The molecule has 2 aliphatic rings. The second-order valence-electron chi connectivity index (χ2n) is 8.16. The maximum atomic E-state index is 13.0. The summed E-state index contributed by atoms with van der Waals surface area (Å²) in [7, 11) is -3.11. The van der Waals surface area contributed by atoms with Gasteiger partial charge in [-0.05, 0) is 55.3 Å². The number of hydrogen-bond acceptors (Lipinski definition) is 6. The molecule has 2 atom stereocenters. The first-order valence-electron chi connectivity index (χ1n) is 10.1. The number of benzene rings is 2. The van der Waals surface area contributed by atoms with Crippen LogP contribution in [0.5, 0.6) is 11.5 Å². The maximum Gasteiger partial charge on any atom is 0.524 e. The SMILES string of the molecule is CN1CC[C@H](c2c(OP(=O)(O)O)cc(O)c3c2CC(c2ccccc2Cl)=CC3=O)[C@H](O)C1. The van der Waals surface area contributed by atoms with Crippen molar-refractivity contribution in [3.8, 4) is 11.5 Å². The van der Waals surface area contributed by atoms with E-state index in [9.17, 15) is 29.4 Å². The number of phosphoric acid groups is 1. The molecule has 2 aromatic rings. The Morgan fingerprint density at radius 2 is 1.97 bits per heavy atom. The summed E-state index contributed by atoms with van der Waals surface area (Å²) in [5, 5.41) is 21.8. The van der Waals surface area contributed by atoms with Gasteiger partial charge in [-0.15, -0.1) is 0 Å². The van der Waals surface area contributed by atoms with E-state index < -0.39 is 31.4 Å². The highest BCUT2D eigenvalue weighted by molar-refractivity contribution is 7.46. The molecule has 0 unspecified atom stereocenters. The Labute approximate surface area is 190 Å². The number of nitrogens with zero attached hydrogens (tertiary/aromatic N) is 1. The van der Waals surface area contributed by atoms with Crippen molar-refractivity contribution in [3.05, 3.63) is 63.7 Å². The molecular weight excluding hydrogens is 457 g/mol. The number of aliphatic hydroxyl groups excluding tert-OH is 1. The van der Waals surface area contributed by atoms with Crippen LogP contribution in [0.4, 0.5) is 0 Å². The van der Waals surface area contributed by atoms with E-state index in [4.69, 9.17) is 16.1 Å². The number of piperidine rings is 1. The van der Waals surface area contributed by atoms with Gasteiger partial charge < -0.3 is 19.6 Å². The first-order chi connectivity index (χ1) is 15.0. The molecule has 4 N–H and O–H groups in total. The molecule has 0 bridgehead atoms. The van der Waals surface area contributed by atoms with Gasteiger partial charge in [-0.2, -0.15) is 0 Å². The summed E-state index contributed by atoms with van der Waals surface area (Å²) in [5.74, 6) is -1.67. The van der Waals surface area contributed by atoms with Gasteiger partial charge in [0.05, 0.1) is 11.7 Å². The number of carbonyl (C=O) groups is 1. The zero-order chi connectivity index (χ0) is 23.2. The lowest BCUT2D eigenvalue weighted by Crippen LogP contribution is -2.41. The summed E-state index contributed by atoms with van der Waals surface area (Å²) in [4.78, 5) is 33.9. The molecule has 0 saturated carbocycles. The summed E-state index contributed by atoms with van der Waals surface area (Å²) in [5.41, 5.74) is 1.99. The molecule has 4 rings (SSSR count). The van der Waals surface area contributed by atoms with E-state index in [-0.39, 0.29) is 17.7 Å². The second kappa shape index (κ2) is 8.63. The Bertz CT molecular complexity index is 1160. The summed E-state index contributed by atoms with van der Waals surface area (Å²) in [6.07, 6.45) is 1.20. The predicted octanol–water partition coefficient (Wildman–Crippen LogP) is 3.12. The zero-order valence-electron chi connectivity index (χ0n) is 17.2. The topological polar surface area (TPSA) is 128 Å². The number of ketones is 1. The van der Waals surface area contributed by atoms with Crippen LogP contribution < -0.4 is 4.52 Å². The third-order valence-electron chi connectivity index (χ3n) is 5.93. The lowest BCUT2D eigenvalue weighted by molar-refractivity contribution is 0.0627. The van der Waals surface area contributed by atoms with Crippen molar-refractivity contribution in [1.82, 2.24) is 4.90 Å². The molecule has 0 spiro atoms. The number of aliphatic hydroxyl groups is 1. The van der Waals surface area contributed by atoms with Crippen molar-refractivity contribution < 1.29 is 33.9 Å². The quantitative estimate of drug-likeness (QED) is 0.492. The fourth-order valence-electron chi connectivity index (χ4n) is 4.57. The number of aromatic hydroxyl groups is 1. The Morgan fingerprint density at radius 1 is 1.25 bits per heavy atom. The van der Waals surface area contributed by atoms with Crippen molar-refractivity contribution in [3.63, 3.8) is 0 Å². The molecule has 2 aromatic carbocycles. The van der Waals surface area contributed by atoms with Gasteiger partial charge in [-0.25, -0.2) is 4.57 Å². The van der Waals surface area contributed by atoms with E-state index in [2.05, 4.69) is 0 Å². The van der Waals surface area contributed by atoms with Gasteiger partial charge in [0, 0.05) is 29.1 Å². The first-order valence-corrected chi connectivity index (χ1v) is 12.0. The van der Waals surface area contributed by atoms with Crippen LogP contribution in [0.15, 0.2) is 36.4 Å². The Balaban J connectivity index is 1.91. The van der Waals surface area contributed by atoms with Gasteiger partial charge in [0.2, 0.25) is 0 Å². The highest BCUT2D eigenvalue weighted by atomic mass is 35.5. The van der Waals surface area contributed by atoms with Crippen LogP contribution in [0.2, 0.25) is 5.02 Å². The number of allylic oxidation sites excluding steroid dienone is 2. The number of phenols is 1. The van der Waals surface area contributed by atoms with Gasteiger partial charge in [0.25, 0.3) is 0 Å². The van der Waals surface area contributed by atoms with Crippen LogP contribution in [0, 0.1) is 0 Å².